The number of hydrogen-bond donors (Lipinski definition) is 2. The smallest absolute Gasteiger partial charge is 0.306 e. The zero-order valence-electron chi connectivity index (χ0n) is 11.9. The molecule has 108 valence electrons. The van der Waals surface area contributed by atoms with Gasteiger partial charge in [-0.15, -0.1) is 0 Å². The predicted octanol–water partition coefficient (Wildman–Crippen LogP) is 2.63. The van der Waals surface area contributed by atoms with Gasteiger partial charge in [0.05, 0.1) is 5.92 Å². The summed E-state index contributed by atoms with van der Waals surface area (Å²) in [4.78, 5) is 22.2. The Morgan fingerprint density at radius 1 is 1.40 bits per heavy atom. The number of rotatable bonds is 7. The minimum atomic E-state index is -0.796. The van der Waals surface area contributed by atoms with Gasteiger partial charge >= 0.3 is 5.97 Å². The van der Waals surface area contributed by atoms with E-state index in [1.807, 2.05) is 31.2 Å². The predicted molar refractivity (Wildman–Crippen MR) is 79.3 cm³/mol. The molecular formula is C16H21NO3. The van der Waals surface area contributed by atoms with Crippen molar-refractivity contribution in [3.63, 3.8) is 0 Å². The summed E-state index contributed by atoms with van der Waals surface area (Å²) < 4.78 is 0. The number of carboxylic acid groups (broad SMARTS) is 1. The van der Waals surface area contributed by atoms with Gasteiger partial charge < -0.3 is 10.4 Å². The van der Waals surface area contributed by atoms with Gasteiger partial charge in [-0.25, -0.2) is 0 Å². The lowest BCUT2D eigenvalue weighted by atomic mass is 10.1. The van der Waals surface area contributed by atoms with Gasteiger partial charge in [0.25, 0.3) is 0 Å². The van der Waals surface area contributed by atoms with Crippen molar-refractivity contribution in [1.82, 2.24) is 5.32 Å². The molecule has 0 radical (unpaired) electrons. The Bertz CT molecular complexity index is 494. The molecule has 0 aliphatic carbocycles. The van der Waals surface area contributed by atoms with Crippen LogP contribution in [-0.2, 0) is 9.59 Å². The highest BCUT2D eigenvalue weighted by Gasteiger charge is 2.09. The van der Waals surface area contributed by atoms with Crippen molar-refractivity contribution in [3.8, 4) is 0 Å². The lowest BCUT2D eigenvalue weighted by Gasteiger charge is -2.05. The third-order valence-electron chi connectivity index (χ3n) is 3.00. The van der Waals surface area contributed by atoms with Crippen molar-refractivity contribution in [3.05, 3.63) is 41.5 Å². The molecule has 0 fully saturated rings. The summed E-state index contributed by atoms with van der Waals surface area (Å²) in [7, 11) is 0. The maximum Gasteiger partial charge on any atom is 0.306 e. The highest BCUT2D eigenvalue weighted by Crippen LogP contribution is 2.06. The summed E-state index contributed by atoms with van der Waals surface area (Å²) in [6.07, 6.45) is 4.49. The topological polar surface area (TPSA) is 66.4 Å². The first-order chi connectivity index (χ1) is 9.49. The van der Waals surface area contributed by atoms with Crippen molar-refractivity contribution >= 4 is 18.0 Å². The van der Waals surface area contributed by atoms with E-state index in [0.29, 0.717) is 19.4 Å². The molecule has 0 aliphatic heterocycles. The molecule has 4 heteroatoms. The first-order valence-corrected chi connectivity index (χ1v) is 6.74. The zero-order valence-corrected chi connectivity index (χ0v) is 11.9. The summed E-state index contributed by atoms with van der Waals surface area (Å²) >= 11 is 0. The van der Waals surface area contributed by atoms with E-state index in [4.69, 9.17) is 5.11 Å². The van der Waals surface area contributed by atoms with Crippen LogP contribution in [0.25, 0.3) is 6.08 Å². The molecule has 0 saturated carbocycles. The van der Waals surface area contributed by atoms with Gasteiger partial charge in [-0.3, -0.25) is 9.59 Å². The van der Waals surface area contributed by atoms with Crippen LogP contribution in [-0.4, -0.2) is 23.5 Å². The number of amides is 1. The Morgan fingerprint density at radius 2 is 2.15 bits per heavy atom. The van der Waals surface area contributed by atoms with Crippen LogP contribution < -0.4 is 5.32 Å². The SMILES string of the molecule is Cc1cccc(/C=C/C(=O)NCCCC(C)C(=O)O)c1. The molecule has 1 rings (SSSR count). The van der Waals surface area contributed by atoms with E-state index in [9.17, 15) is 9.59 Å². The molecule has 0 spiro atoms. The Labute approximate surface area is 119 Å². The highest BCUT2D eigenvalue weighted by molar-refractivity contribution is 5.91. The van der Waals surface area contributed by atoms with Crippen LogP contribution in [0.1, 0.15) is 30.9 Å². The molecule has 0 aliphatic rings. The number of benzene rings is 1. The Hall–Kier alpha value is -2.10. The molecule has 0 heterocycles. The Kier molecular flexibility index (Phi) is 6.50. The number of carbonyl (C=O) groups excluding carboxylic acids is 1. The van der Waals surface area contributed by atoms with Crippen LogP contribution in [0, 0.1) is 12.8 Å². The number of carbonyl (C=O) groups is 2. The molecule has 2 N–H and O–H groups in total. The maximum atomic E-state index is 11.6. The van der Waals surface area contributed by atoms with Gasteiger partial charge in [-0.05, 0) is 31.4 Å². The molecule has 0 bridgehead atoms. The van der Waals surface area contributed by atoms with Crippen molar-refractivity contribution < 1.29 is 14.7 Å². The normalized spacial score (nSPS) is 12.3. The van der Waals surface area contributed by atoms with E-state index >= 15 is 0 Å². The number of carboxylic acids is 1. The monoisotopic (exact) mass is 275 g/mol. The minimum Gasteiger partial charge on any atom is -0.481 e. The van der Waals surface area contributed by atoms with Crippen LogP contribution in [0.3, 0.4) is 0 Å². The van der Waals surface area contributed by atoms with Crippen molar-refractivity contribution in [2.75, 3.05) is 6.54 Å². The van der Waals surface area contributed by atoms with Crippen LogP contribution in [0.4, 0.5) is 0 Å². The molecule has 0 saturated heterocycles. The summed E-state index contributed by atoms with van der Waals surface area (Å²) in [5.74, 6) is -1.32. The fraction of sp³-hybridized carbons (Fsp3) is 0.375. The average Bonchev–Trinajstić information content (AvgIpc) is 2.41. The largest absolute Gasteiger partial charge is 0.481 e. The van der Waals surface area contributed by atoms with Gasteiger partial charge in [0.2, 0.25) is 5.91 Å². The number of aryl methyl sites for hydroxylation is 1. The molecule has 0 aromatic heterocycles. The van der Waals surface area contributed by atoms with E-state index in [2.05, 4.69) is 5.32 Å². The molecule has 1 amide bonds. The van der Waals surface area contributed by atoms with Crippen molar-refractivity contribution in [2.24, 2.45) is 5.92 Å². The first-order valence-electron chi connectivity index (χ1n) is 6.74. The molecule has 20 heavy (non-hydrogen) atoms. The lowest BCUT2D eigenvalue weighted by Crippen LogP contribution is -2.23. The quantitative estimate of drug-likeness (QED) is 0.594. The number of hydrogen-bond acceptors (Lipinski definition) is 2. The van der Waals surface area contributed by atoms with Gasteiger partial charge in [0.1, 0.15) is 0 Å². The van der Waals surface area contributed by atoms with E-state index in [1.165, 1.54) is 6.08 Å². The molecular weight excluding hydrogens is 254 g/mol. The van der Waals surface area contributed by atoms with Crippen LogP contribution in [0.2, 0.25) is 0 Å². The third kappa shape index (κ3) is 6.18. The summed E-state index contributed by atoms with van der Waals surface area (Å²) in [5.41, 5.74) is 2.13. The average molecular weight is 275 g/mol. The standard InChI is InChI=1S/C16H21NO3/c1-12-5-3-7-14(11-12)8-9-15(18)17-10-4-6-13(2)16(19)20/h3,5,7-9,11,13H,4,6,10H2,1-2H3,(H,17,18)(H,19,20)/b9-8+. The molecule has 1 unspecified atom stereocenters. The second-order valence-electron chi connectivity index (χ2n) is 4.92. The summed E-state index contributed by atoms with van der Waals surface area (Å²) in [6, 6.07) is 7.88. The second-order valence-corrected chi connectivity index (χ2v) is 4.92. The van der Waals surface area contributed by atoms with Gasteiger partial charge in [-0.2, -0.15) is 0 Å². The van der Waals surface area contributed by atoms with Gasteiger partial charge in [0.15, 0.2) is 0 Å². The van der Waals surface area contributed by atoms with Gasteiger partial charge in [-0.1, -0.05) is 36.8 Å². The highest BCUT2D eigenvalue weighted by atomic mass is 16.4. The summed E-state index contributed by atoms with van der Waals surface area (Å²) in [6.45, 7) is 4.16. The third-order valence-corrected chi connectivity index (χ3v) is 3.00. The molecule has 4 nitrogen and oxygen atoms in total. The van der Waals surface area contributed by atoms with Crippen molar-refractivity contribution in [2.45, 2.75) is 26.7 Å². The molecule has 1 aromatic carbocycles. The van der Waals surface area contributed by atoms with Crippen LogP contribution >= 0.6 is 0 Å². The van der Waals surface area contributed by atoms with E-state index < -0.39 is 5.97 Å². The molecule has 1 atom stereocenters. The molecule has 1 aromatic rings. The van der Waals surface area contributed by atoms with Crippen molar-refractivity contribution in [1.29, 1.82) is 0 Å². The second kappa shape index (κ2) is 8.15. The fourth-order valence-corrected chi connectivity index (χ4v) is 1.75. The minimum absolute atomic E-state index is 0.158. The number of nitrogens with one attached hydrogen (secondary N) is 1. The van der Waals surface area contributed by atoms with Gasteiger partial charge in [0, 0.05) is 12.6 Å². The Morgan fingerprint density at radius 3 is 2.80 bits per heavy atom. The van der Waals surface area contributed by atoms with E-state index in [0.717, 1.165) is 11.1 Å². The maximum absolute atomic E-state index is 11.6. The van der Waals surface area contributed by atoms with Crippen LogP contribution in [0.15, 0.2) is 30.3 Å². The Balaban J connectivity index is 2.28. The summed E-state index contributed by atoms with van der Waals surface area (Å²) in [5, 5.41) is 11.5. The first kappa shape index (κ1) is 16.0. The zero-order chi connectivity index (χ0) is 15.0. The van der Waals surface area contributed by atoms with E-state index in [1.54, 1.807) is 13.0 Å². The number of aliphatic carboxylic acids is 1. The lowest BCUT2D eigenvalue weighted by molar-refractivity contribution is -0.141. The van der Waals surface area contributed by atoms with E-state index in [-0.39, 0.29) is 11.8 Å². The fourth-order valence-electron chi connectivity index (χ4n) is 1.75. The van der Waals surface area contributed by atoms with Crippen LogP contribution in [0.5, 0.6) is 0 Å².